The summed E-state index contributed by atoms with van der Waals surface area (Å²) in [5.41, 5.74) is 3.80. The van der Waals surface area contributed by atoms with E-state index in [0.717, 1.165) is 76.9 Å². The van der Waals surface area contributed by atoms with E-state index in [9.17, 15) is 4.79 Å². The van der Waals surface area contributed by atoms with Crippen LogP contribution < -0.4 is 5.32 Å². The van der Waals surface area contributed by atoms with Gasteiger partial charge in [0.25, 0.3) is 5.91 Å². The van der Waals surface area contributed by atoms with E-state index in [1.807, 2.05) is 11.8 Å². The average Bonchev–Trinajstić information content (AvgIpc) is 3.00. The molecule has 1 amide bonds. The molecule has 40 heavy (non-hydrogen) atoms. The summed E-state index contributed by atoms with van der Waals surface area (Å²) < 4.78 is 18.1. The molecule has 4 atom stereocenters. The van der Waals surface area contributed by atoms with Crippen molar-refractivity contribution in [2.45, 2.75) is 82.8 Å². The molecule has 0 bridgehead atoms. The number of aryl methyl sites for hydroxylation is 1. The normalized spacial score (nSPS) is 28.2. The lowest BCUT2D eigenvalue weighted by Gasteiger charge is -2.49. The maximum Gasteiger partial charge on any atom is 0.272 e. The number of carbonyl (C=O) groups is 1. The van der Waals surface area contributed by atoms with Crippen LogP contribution in [0, 0.1) is 13.8 Å². The van der Waals surface area contributed by atoms with Crippen molar-refractivity contribution in [3.63, 3.8) is 0 Å². The Morgan fingerprint density at radius 1 is 1.00 bits per heavy atom. The Morgan fingerprint density at radius 3 is 2.65 bits per heavy atom. The van der Waals surface area contributed by atoms with Crippen LogP contribution in [-0.2, 0) is 14.2 Å². The first-order chi connectivity index (χ1) is 19.6. The minimum Gasteiger partial charge on any atom is -0.379 e. The van der Waals surface area contributed by atoms with Gasteiger partial charge in [0.2, 0.25) is 0 Å². The molecule has 4 aliphatic heterocycles. The smallest absolute Gasteiger partial charge is 0.272 e. The third-order valence-electron chi connectivity index (χ3n) is 9.18. The van der Waals surface area contributed by atoms with Crippen LogP contribution in [0.25, 0.3) is 0 Å². The highest BCUT2D eigenvalue weighted by Crippen LogP contribution is 2.32. The molecule has 5 heterocycles. The summed E-state index contributed by atoms with van der Waals surface area (Å²) in [4.78, 5) is 27.0. The summed E-state index contributed by atoms with van der Waals surface area (Å²) >= 11 is 0. The number of nitrogens with one attached hydrogen (secondary N) is 1. The quantitative estimate of drug-likeness (QED) is 0.580. The highest BCUT2D eigenvalue weighted by Gasteiger charge is 2.39. The first-order valence-electron chi connectivity index (χ1n) is 15.1. The number of hydrogen-bond donors (Lipinski definition) is 1. The first kappa shape index (κ1) is 27.6. The number of hydrogen-bond acceptors (Lipinski definition) is 8. The maximum atomic E-state index is 13.5. The highest BCUT2D eigenvalue weighted by molar-refractivity contribution is 5.94. The SMILES string of the molecule is Cc1ccc([C@@H]2CCC[C@H](CNc3ncnc(C(=O)N4CCC(N5CCOC6COCCC65)CC4)c3C)O2)cc1. The molecule has 1 aromatic heterocycles. The summed E-state index contributed by atoms with van der Waals surface area (Å²) in [5.74, 6) is 0.717. The van der Waals surface area contributed by atoms with Crippen molar-refractivity contribution in [1.82, 2.24) is 19.8 Å². The van der Waals surface area contributed by atoms with E-state index in [2.05, 4.69) is 51.4 Å². The number of anilines is 1. The predicted octanol–water partition coefficient (Wildman–Crippen LogP) is 3.91. The number of morpholine rings is 1. The second-order valence-electron chi connectivity index (χ2n) is 11.8. The third-order valence-corrected chi connectivity index (χ3v) is 9.18. The summed E-state index contributed by atoms with van der Waals surface area (Å²) in [6.07, 6.45) is 8.09. The summed E-state index contributed by atoms with van der Waals surface area (Å²) in [6.45, 7) is 9.44. The second-order valence-corrected chi connectivity index (χ2v) is 11.8. The Kier molecular flexibility index (Phi) is 8.62. The minimum atomic E-state index is 0.000622. The lowest BCUT2D eigenvalue weighted by atomic mass is 9.95. The van der Waals surface area contributed by atoms with Crippen LogP contribution >= 0.6 is 0 Å². The lowest BCUT2D eigenvalue weighted by Crippen LogP contribution is -2.60. The molecule has 216 valence electrons. The van der Waals surface area contributed by atoms with Gasteiger partial charge in [0.05, 0.1) is 31.5 Å². The Balaban J connectivity index is 1.03. The number of carbonyl (C=O) groups excluding carboxylic acids is 1. The average molecular weight is 550 g/mol. The van der Waals surface area contributed by atoms with E-state index in [1.165, 1.54) is 17.5 Å². The first-order valence-corrected chi connectivity index (χ1v) is 15.1. The van der Waals surface area contributed by atoms with E-state index in [1.54, 1.807) is 0 Å². The van der Waals surface area contributed by atoms with Crippen molar-refractivity contribution in [2.24, 2.45) is 0 Å². The molecule has 4 aliphatic rings. The summed E-state index contributed by atoms with van der Waals surface area (Å²) in [5, 5.41) is 3.46. The maximum absolute atomic E-state index is 13.5. The molecule has 6 rings (SSSR count). The van der Waals surface area contributed by atoms with Crippen molar-refractivity contribution >= 4 is 11.7 Å². The molecule has 0 aliphatic carbocycles. The van der Waals surface area contributed by atoms with Crippen LogP contribution in [0.4, 0.5) is 5.82 Å². The van der Waals surface area contributed by atoms with Crippen LogP contribution in [0.15, 0.2) is 30.6 Å². The van der Waals surface area contributed by atoms with E-state index in [0.29, 0.717) is 36.7 Å². The molecule has 4 saturated heterocycles. The molecule has 2 unspecified atom stereocenters. The van der Waals surface area contributed by atoms with Crippen LogP contribution in [0.3, 0.4) is 0 Å². The fourth-order valence-electron chi connectivity index (χ4n) is 6.85. The highest BCUT2D eigenvalue weighted by atomic mass is 16.5. The van der Waals surface area contributed by atoms with Crippen molar-refractivity contribution in [3.05, 3.63) is 53.0 Å². The molecule has 1 aromatic carbocycles. The molecule has 2 aromatic rings. The zero-order valence-electron chi connectivity index (χ0n) is 23.9. The van der Waals surface area contributed by atoms with Crippen LogP contribution in [0.2, 0.25) is 0 Å². The second kappa shape index (κ2) is 12.5. The number of aromatic nitrogens is 2. The fraction of sp³-hybridized carbons (Fsp3) is 0.645. The monoisotopic (exact) mass is 549 g/mol. The lowest BCUT2D eigenvalue weighted by molar-refractivity contribution is -0.148. The largest absolute Gasteiger partial charge is 0.379 e. The van der Waals surface area contributed by atoms with Gasteiger partial charge in [0.1, 0.15) is 17.8 Å². The zero-order valence-corrected chi connectivity index (χ0v) is 23.9. The Bertz CT molecular complexity index is 1150. The molecule has 1 N–H and O–H groups in total. The molecule has 9 nitrogen and oxygen atoms in total. The molecule has 9 heteroatoms. The number of fused-ring (bicyclic) bond motifs is 1. The number of benzene rings is 1. The number of nitrogens with zero attached hydrogens (tertiary/aromatic N) is 4. The van der Waals surface area contributed by atoms with Crippen molar-refractivity contribution in [2.75, 3.05) is 51.3 Å². The van der Waals surface area contributed by atoms with Crippen LogP contribution in [-0.4, -0.2) is 96.0 Å². The molecular formula is C31H43N5O4. The van der Waals surface area contributed by atoms with Gasteiger partial charge < -0.3 is 24.4 Å². The molecule has 0 saturated carbocycles. The minimum absolute atomic E-state index is 0.000622. The van der Waals surface area contributed by atoms with Gasteiger partial charge in [-0.3, -0.25) is 9.69 Å². The van der Waals surface area contributed by atoms with E-state index in [-0.39, 0.29) is 24.2 Å². The van der Waals surface area contributed by atoms with E-state index < -0.39 is 0 Å². The molecule has 0 spiro atoms. The van der Waals surface area contributed by atoms with Gasteiger partial charge in [0.15, 0.2) is 0 Å². The molecule has 0 radical (unpaired) electrons. The number of likely N-dealkylation sites (tertiary alicyclic amines) is 1. The fourth-order valence-corrected chi connectivity index (χ4v) is 6.85. The van der Waals surface area contributed by atoms with Crippen LogP contribution in [0.1, 0.15) is 71.8 Å². The third kappa shape index (κ3) is 6.03. The van der Waals surface area contributed by atoms with Gasteiger partial charge in [-0.1, -0.05) is 29.8 Å². The zero-order chi connectivity index (χ0) is 27.5. The van der Waals surface area contributed by atoms with Gasteiger partial charge in [-0.25, -0.2) is 9.97 Å². The van der Waals surface area contributed by atoms with Crippen LogP contribution in [0.5, 0.6) is 0 Å². The van der Waals surface area contributed by atoms with Gasteiger partial charge >= 0.3 is 0 Å². The van der Waals surface area contributed by atoms with Gasteiger partial charge in [-0.05, 0) is 57.9 Å². The predicted molar refractivity (Wildman–Crippen MR) is 152 cm³/mol. The summed E-state index contributed by atoms with van der Waals surface area (Å²) in [7, 11) is 0. The Hall–Kier alpha value is -2.59. The number of amides is 1. The summed E-state index contributed by atoms with van der Waals surface area (Å²) in [6, 6.07) is 9.57. The Morgan fingerprint density at radius 2 is 1.82 bits per heavy atom. The standard InChI is InChI=1S/C31H43N5O4/c1-21-6-8-23(9-7-21)27-5-3-4-25(40-27)18-32-30-22(2)29(33-20-34-30)31(37)35-13-10-24(11-14-35)36-15-17-39-28-19-38-16-12-26(28)36/h6-9,20,24-28H,3-5,10-19H2,1-2H3,(H,32,33,34)/t25-,26?,27+,28?/m1/s1. The van der Waals surface area contributed by atoms with Gasteiger partial charge in [-0.15, -0.1) is 0 Å². The number of piperidine rings is 1. The molecule has 4 fully saturated rings. The van der Waals surface area contributed by atoms with E-state index in [4.69, 9.17) is 14.2 Å². The Labute approximate surface area is 237 Å². The van der Waals surface area contributed by atoms with Crippen molar-refractivity contribution < 1.29 is 19.0 Å². The van der Waals surface area contributed by atoms with Crippen molar-refractivity contribution in [1.29, 1.82) is 0 Å². The number of ether oxygens (including phenoxy) is 3. The van der Waals surface area contributed by atoms with Gasteiger partial charge in [0, 0.05) is 50.4 Å². The number of rotatable bonds is 6. The topological polar surface area (TPSA) is 89.1 Å². The molecular weight excluding hydrogens is 506 g/mol. The van der Waals surface area contributed by atoms with E-state index >= 15 is 0 Å². The van der Waals surface area contributed by atoms with Gasteiger partial charge in [-0.2, -0.15) is 0 Å². The van der Waals surface area contributed by atoms with Crippen molar-refractivity contribution in [3.8, 4) is 0 Å².